The number of hydrogen-bond acceptors (Lipinski definition) is 4. The van der Waals surface area contributed by atoms with Crippen LogP contribution in [0.2, 0.25) is 0 Å². The largest absolute Gasteiger partial charge is 0.369 e. The number of amides is 2. The van der Waals surface area contributed by atoms with Gasteiger partial charge in [0.2, 0.25) is 21.8 Å². The second kappa shape index (κ2) is 10.2. The van der Waals surface area contributed by atoms with Gasteiger partial charge in [0.1, 0.15) is 0 Å². The van der Waals surface area contributed by atoms with Crippen molar-refractivity contribution in [2.24, 2.45) is 5.73 Å². The summed E-state index contributed by atoms with van der Waals surface area (Å²) >= 11 is 0. The van der Waals surface area contributed by atoms with Crippen molar-refractivity contribution in [3.63, 3.8) is 0 Å². The first-order valence-corrected chi connectivity index (χ1v) is 11.5. The third-order valence-electron chi connectivity index (χ3n) is 4.80. The van der Waals surface area contributed by atoms with E-state index in [0.717, 1.165) is 21.0 Å². The monoisotopic (exact) mass is 451 g/mol. The fraction of sp³-hybridized carbons (Fsp3) is 0.167. The van der Waals surface area contributed by atoms with Crippen molar-refractivity contribution in [3.05, 3.63) is 95.6 Å². The van der Waals surface area contributed by atoms with Crippen molar-refractivity contribution < 1.29 is 18.0 Å². The van der Waals surface area contributed by atoms with Gasteiger partial charge in [-0.05, 0) is 42.3 Å². The number of nitrogens with one attached hydrogen (secondary N) is 1. The molecule has 0 aliphatic heterocycles. The molecule has 0 heterocycles. The molecule has 3 N–H and O–H groups in total. The molecule has 3 aromatic rings. The number of primary amides is 1. The fourth-order valence-corrected chi connectivity index (χ4v) is 4.52. The Balaban J connectivity index is 1.79. The normalized spacial score (nSPS) is 11.3. The Morgan fingerprint density at radius 3 is 2.09 bits per heavy atom. The Morgan fingerprint density at radius 2 is 1.50 bits per heavy atom. The molecule has 0 atom stereocenters. The van der Waals surface area contributed by atoms with Crippen LogP contribution < -0.4 is 11.1 Å². The van der Waals surface area contributed by atoms with Gasteiger partial charge in [0.25, 0.3) is 0 Å². The molecule has 3 rings (SSSR count). The van der Waals surface area contributed by atoms with Gasteiger partial charge < -0.3 is 11.1 Å². The van der Waals surface area contributed by atoms with Gasteiger partial charge in [-0.15, -0.1) is 0 Å². The van der Waals surface area contributed by atoms with Gasteiger partial charge >= 0.3 is 0 Å². The molecule has 0 spiro atoms. The summed E-state index contributed by atoms with van der Waals surface area (Å²) < 4.78 is 27.7. The molecule has 0 aliphatic carbocycles. The summed E-state index contributed by atoms with van der Waals surface area (Å²) in [5, 5.41) is 2.71. The molecule has 0 radical (unpaired) electrons. The van der Waals surface area contributed by atoms with Crippen molar-refractivity contribution in [3.8, 4) is 0 Å². The number of aryl methyl sites for hydroxylation is 1. The lowest BCUT2D eigenvalue weighted by atomic mass is 10.1. The summed E-state index contributed by atoms with van der Waals surface area (Å²) in [6, 6.07) is 22.3. The van der Waals surface area contributed by atoms with Gasteiger partial charge in [0.15, 0.2) is 0 Å². The number of carbonyl (C=O) groups excluding carboxylic acids is 2. The maximum atomic E-state index is 13.3. The van der Waals surface area contributed by atoms with E-state index in [1.807, 2.05) is 37.3 Å². The Labute approximate surface area is 187 Å². The molecule has 3 aromatic carbocycles. The van der Waals surface area contributed by atoms with Crippen LogP contribution in [0.4, 0.5) is 5.69 Å². The number of sulfonamides is 1. The number of nitrogens with zero attached hydrogens (tertiary/aromatic N) is 1. The zero-order chi connectivity index (χ0) is 23.1. The highest BCUT2D eigenvalue weighted by molar-refractivity contribution is 7.89. The van der Waals surface area contributed by atoms with Crippen LogP contribution in [0.5, 0.6) is 0 Å². The van der Waals surface area contributed by atoms with E-state index in [4.69, 9.17) is 5.73 Å². The second-order valence-corrected chi connectivity index (χ2v) is 9.40. The third-order valence-corrected chi connectivity index (χ3v) is 6.60. The molecule has 0 unspecified atom stereocenters. The summed E-state index contributed by atoms with van der Waals surface area (Å²) in [6.45, 7) is 1.58. The van der Waals surface area contributed by atoms with Crippen LogP contribution in [0.3, 0.4) is 0 Å². The molecule has 8 heteroatoms. The maximum absolute atomic E-state index is 13.3. The van der Waals surface area contributed by atoms with E-state index in [9.17, 15) is 18.0 Å². The number of hydrogen-bond donors (Lipinski definition) is 2. The Hall–Kier alpha value is -3.49. The summed E-state index contributed by atoms with van der Waals surface area (Å²) in [5.41, 5.74) is 8.12. The molecule has 166 valence electrons. The second-order valence-electron chi connectivity index (χ2n) is 7.46. The molecule has 0 saturated heterocycles. The van der Waals surface area contributed by atoms with Gasteiger partial charge in [0, 0.05) is 12.2 Å². The van der Waals surface area contributed by atoms with Crippen molar-refractivity contribution >= 4 is 27.5 Å². The number of benzene rings is 3. The zero-order valence-electron chi connectivity index (χ0n) is 17.7. The van der Waals surface area contributed by atoms with Crippen LogP contribution in [0.1, 0.15) is 16.7 Å². The fourth-order valence-electron chi connectivity index (χ4n) is 3.14. The number of anilines is 1. The lowest BCUT2D eigenvalue weighted by Crippen LogP contribution is -2.37. The molecule has 0 fully saturated rings. The Bertz CT molecular complexity index is 1180. The third kappa shape index (κ3) is 6.26. The van der Waals surface area contributed by atoms with E-state index >= 15 is 0 Å². The van der Waals surface area contributed by atoms with E-state index < -0.39 is 21.8 Å². The van der Waals surface area contributed by atoms with Crippen LogP contribution in [0.15, 0.2) is 83.8 Å². The first-order chi connectivity index (χ1) is 15.2. The first kappa shape index (κ1) is 23.2. The SMILES string of the molecule is Cc1ccc(S(=O)(=O)N(CC(=O)Nc2ccc(CC(N)=O)cc2)Cc2ccccc2)cc1. The highest BCUT2D eigenvalue weighted by Gasteiger charge is 2.27. The lowest BCUT2D eigenvalue weighted by Gasteiger charge is -2.22. The first-order valence-electron chi connectivity index (χ1n) is 10.0. The van der Waals surface area contributed by atoms with Crippen molar-refractivity contribution in [2.75, 3.05) is 11.9 Å². The minimum Gasteiger partial charge on any atom is -0.369 e. The number of nitrogens with two attached hydrogens (primary N) is 1. The van der Waals surface area contributed by atoms with Crippen LogP contribution in [0, 0.1) is 6.92 Å². The van der Waals surface area contributed by atoms with E-state index in [2.05, 4.69) is 5.32 Å². The van der Waals surface area contributed by atoms with E-state index in [0.29, 0.717) is 5.69 Å². The molecular weight excluding hydrogens is 426 g/mol. The number of carbonyl (C=O) groups is 2. The molecule has 0 aromatic heterocycles. The Kier molecular flexibility index (Phi) is 7.40. The predicted molar refractivity (Wildman–Crippen MR) is 123 cm³/mol. The zero-order valence-corrected chi connectivity index (χ0v) is 18.5. The summed E-state index contributed by atoms with van der Waals surface area (Å²) in [4.78, 5) is 23.9. The molecular formula is C24H25N3O4S. The smallest absolute Gasteiger partial charge is 0.243 e. The minimum atomic E-state index is -3.90. The topological polar surface area (TPSA) is 110 Å². The molecule has 2 amide bonds. The summed E-state index contributed by atoms with van der Waals surface area (Å²) in [7, 11) is -3.90. The van der Waals surface area contributed by atoms with Gasteiger partial charge in [-0.2, -0.15) is 4.31 Å². The Morgan fingerprint density at radius 1 is 0.875 bits per heavy atom. The van der Waals surface area contributed by atoms with E-state index in [1.165, 1.54) is 12.1 Å². The van der Waals surface area contributed by atoms with Crippen LogP contribution in [-0.2, 0) is 32.6 Å². The molecule has 0 aliphatic rings. The number of rotatable bonds is 9. The van der Waals surface area contributed by atoms with Crippen molar-refractivity contribution in [1.82, 2.24) is 4.31 Å². The summed E-state index contributed by atoms with van der Waals surface area (Å²) in [6.07, 6.45) is 0.105. The lowest BCUT2D eigenvalue weighted by molar-refractivity contribution is -0.117. The van der Waals surface area contributed by atoms with Gasteiger partial charge in [-0.25, -0.2) is 8.42 Å². The van der Waals surface area contributed by atoms with Crippen molar-refractivity contribution in [2.45, 2.75) is 24.8 Å². The maximum Gasteiger partial charge on any atom is 0.243 e. The predicted octanol–water partition coefficient (Wildman–Crippen LogP) is 2.85. The summed E-state index contributed by atoms with van der Waals surface area (Å²) in [5.74, 6) is -0.918. The van der Waals surface area contributed by atoms with Crippen LogP contribution in [0.25, 0.3) is 0 Å². The molecule has 7 nitrogen and oxygen atoms in total. The van der Waals surface area contributed by atoms with Gasteiger partial charge in [-0.1, -0.05) is 60.2 Å². The van der Waals surface area contributed by atoms with Crippen LogP contribution in [-0.4, -0.2) is 31.1 Å². The van der Waals surface area contributed by atoms with Crippen molar-refractivity contribution in [1.29, 1.82) is 0 Å². The standard InChI is InChI=1S/C24H25N3O4S/c1-18-7-13-22(14-8-18)32(30,31)27(16-20-5-3-2-4-6-20)17-24(29)26-21-11-9-19(10-12-21)15-23(25)28/h2-14H,15-17H2,1H3,(H2,25,28)(H,26,29). The highest BCUT2D eigenvalue weighted by Crippen LogP contribution is 2.19. The molecule has 32 heavy (non-hydrogen) atoms. The van der Waals surface area contributed by atoms with Gasteiger partial charge in [-0.3, -0.25) is 9.59 Å². The molecule has 0 saturated carbocycles. The minimum absolute atomic E-state index is 0.0576. The van der Waals surface area contributed by atoms with Crippen LogP contribution >= 0.6 is 0 Å². The highest BCUT2D eigenvalue weighted by atomic mass is 32.2. The van der Waals surface area contributed by atoms with E-state index in [1.54, 1.807) is 36.4 Å². The van der Waals surface area contributed by atoms with Gasteiger partial charge in [0.05, 0.1) is 17.9 Å². The average molecular weight is 452 g/mol. The average Bonchev–Trinajstić information content (AvgIpc) is 2.75. The quantitative estimate of drug-likeness (QED) is 0.521. The van der Waals surface area contributed by atoms with E-state index in [-0.39, 0.29) is 24.4 Å². The molecule has 0 bridgehead atoms.